The number of hydrogen-bond acceptors (Lipinski definition) is 2. The van der Waals surface area contributed by atoms with Crippen LogP contribution in [-0.4, -0.2) is 24.7 Å². The van der Waals surface area contributed by atoms with E-state index in [9.17, 15) is 0 Å². The maximum atomic E-state index is 2.50. The van der Waals surface area contributed by atoms with Crippen molar-refractivity contribution in [1.82, 2.24) is 4.90 Å². The molecule has 0 saturated carbocycles. The van der Waals surface area contributed by atoms with Crippen molar-refractivity contribution in [2.24, 2.45) is 0 Å². The number of nitrogens with zero attached hydrogens (tertiary/aromatic N) is 2. The van der Waals surface area contributed by atoms with Gasteiger partial charge in [-0.2, -0.15) is 0 Å². The molecule has 0 spiro atoms. The van der Waals surface area contributed by atoms with Gasteiger partial charge in [0, 0.05) is 12.2 Å². The predicted octanol–water partition coefficient (Wildman–Crippen LogP) is 3.53. The summed E-state index contributed by atoms with van der Waals surface area (Å²) in [7, 11) is 0. The van der Waals surface area contributed by atoms with Gasteiger partial charge in [-0.05, 0) is 24.2 Å². The molecule has 1 heterocycles. The van der Waals surface area contributed by atoms with Gasteiger partial charge in [0.15, 0.2) is 0 Å². The molecule has 1 unspecified atom stereocenters. The molecule has 1 saturated heterocycles. The first-order valence-corrected chi connectivity index (χ1v) is 6.97. The zero-order chi connectivity index (χ0) is 13.1. The number of benzene rings is 2. The number of likely N-dealkylation sites (N-methyl/N-ethyl adjacent to an activating group) is 1. The molecular weight excluding hydrogens is 232 g/mol. The molecule has 0 bridgehead atoms. The molecule has 19 heavy (non-hydrogen) atoms. The van der Waals surface area contributed by atoms with Gasteiger partial charge in [0.25, 0.3) is 0 Å². The Labute approximate surface area is 115 Å². The highest BCUT2D eigenvalue weighted by Gasteiger charge is 2.30. The van der Waals surface area contributed by atoms with Crippen molar-refractivity contribution in [3.05, 3.63) is 66.2 Å². The third-order valence-electron chi connectivity index (χ3n) is 3.88. The van der Waals surface area contributed by atoms with Crippen LogP contribution in [0.5, 0.6) is 0 Å². The minimum absolute atomic E-state index is 0.462. The van der Waals surface area contributed by atoms with E-state index in [0.717, 1.165) is 19.8 Å². The first-order chi connectivity index (χ1) is 9.38. The second kappa shape index (κ2) is 5.45. The summed E-state index contributed by atoms with van der Waals surface area (Å²) in [6, 6.07) is 22.0. The standard InChI is InChI=1S/C17H20N2/c1-2-18-13-17(15-9-5-3-6-10-15)19(14-18)16-11-7-4-8-12-16/h3-12,17H,2,13-14H2,1H3. The van der Waals surface area contributed by atoms with Crippen molar-refractivity contribution < 1.29 is 0 Å². The molecule has 0 N–H and O–H groups in total. The number of rotatable bonds is 3. The maximum Gasteiger partial charge on any atom is 0.0714 e. The molecule has 1 atom stereocenters. The molecule has 3 rings (SSSR count). The highest BCUT2D eigenvalue weighted by molar-refractivity contribution is 5.50. The number of anilines is 1. The Morgan fingerprint density at radius 2 is 1.58 bits per heavy atom. The third kappa shape index (κ3) is 2.49. The van der Waals surface area contributed by atoms with Gasteiger partial charge in [0.05, 0.1) is 12.7 Å². The molecule has 2 heteroatoms. The summed E-state index contributed by atoms with van der Waals surface area (Å²) in [5.74, 6) is 0. The van der Waals surface area contributed by atoms with E-state index < -0.39 is 0 Å². The Morgan fingerprint density at radius 3 is 2.21 bits per heavy atom. The molecule has 2 aromatic rings. The molecule has 2 nitrogen and oxygen atoms in total. The van der Waals surface area contributed by atoms with Crippen molar-refractivity contribution >= 4 is 5.69 Å². The molecule has 1 aliphatic heterocycles. The van der Waals surface area contributed by atoms with Gasteiger partial charge < -0.3 is 4.90 Å². The lowest BCUT2D eigenvalue weighted by Gasteiger charge is -2.26. The van der Waals surface area contributed by atoms with Crippen molar-refractivity contribution in [1.29, 1.82) is 0 Å². The third-order valence-corrected chi connectivity index (χ3v) is 3.88. The molecule has 1 fully saturated rings. The Balaban J connectivity index is 1.92. The zero-order valence-electron chi connectivity index (χ0n) is 11.4. The van der Waals surface area contributed by atoms with Crippen molar-refractivity contribution in [3.8, 4) is 0 Å². The van der Waals surface area contributed by atoms with Gasteiger partial charge >= 0.3 is 0 Å². The lowest BCUT2D eigenvalue weighted by atomic mass is 10.1. The van der Waals surface area contributed by atoms with Gasteiger partial charge in [-0.15, -0.1) is 0 Å². The van der Waals surface area contributed by atoms with E-state index in [0.29, 0.717) is 6.04 Å². The van der Waals surface area contributed by atoms with Crippen LogP contribution in [0.15, 0.2) is 60.7 Å². The van der Waals surface area contributed by atoms with Crippen LogP contribution in [0.3, 0.4) is 0 Å². The summed E-state index contributed by atoms with van der Waals surface area (Å²) in [6.45, 7) is 5.46. The molecule has 1 aliphatic rings. The quantitative estimate of drug-likeness (QED) is 0.824. The fraction of sp³-hybridized carbons (Fsp3) is 0.294. The predicted molar refractivity (Wildman–Crippen MR) is 80.2 cm³/mol. The van der Waals surface area contributed by atoms with Crippen LogP contribution in [0.1, 0.15) is 18.5 Å². The summed E-state index contributed by atoms with van der Waals surface area (Å²) in [6.07, 6.45) is 0. The largest absolute Gasteiger partial charge is 0.350 e. The molecular formula is C17H20N2. The Kier molecular flexibility index (Phi) is 3.51. The van der Waals surface area contributed by atoms with Crippen LogP contribution in [0.4, 0.5) is 5.69 Å². The smallest absolute Gasteiger partial charge is 0.0714 e. The SMILES string of the molecule is CCN1CC(c2ccccc2)N(c2ccccc2)C1. The van der Waals surface area contributed by atoms with Gasteiger partial charge in [-0.25, -0.2) is 0 Å². The topological polar surface area (TPSA) is 6.48 Å². The summed E-state index contributed by atoms with van der Waals surface area (Å²) in [4.78, 5) is 4.99. The monoisotopic (exact) mass is 252 g/mol. The van der Waals surface area contributed by atoms with E-state index in [1.165, 1.54) is 11.3 Å². The van der Waals surface area contributed by atoms with Crippen LogP contribution in [0.25, 0.3) is 0 Å². The fourth-order valence-electron chi connectivity index (χ4n) is 2.79. The van der Waals surface area contributed by atoms with E-state index >= 15 is 0 Å². The summed E-state index contributed by atoms with van der Waals surface area (Å²) < 4.78 is 0. The summed E-state index contributed by atoms with van der Waals surface area (Å²) in [5, 5.41) is 0. The summed E-state index contributed by atoms with van der Waals surface area (Å²) >= 11 is 0. The van der Waals surface area contributed by atoms with Crippen LogP contribution >= 0.6 is 0 Å². The minimum atomic E-state index is 0.462. The van der Waals surface area contributed by atoms with E-state index in [1.54, 1.807) is 0 Å². The molecule has 2 aromatic carbocycles. The number of hydrogen-bond donors (Lipinski definition) is 0. The molecule has 0 radical (unpaired) electrons. The average molecular weight is 252 g/mol. The first-order valence-electron chi connectivity index (χ1n) is 6.97. The minimum Gasteiger partial charge on any atom is -0.350 e. The van der Waals surface area contributed by atoms with Gasteiger partial charge in [-0.3, -0.25) is 4.90 Å². The van der Waals surface area contributed by atoms with Crippen LogP contribution in [0, 0.1) is 0 Å². The molecule has 0 aliphatic carbocycles. The maximum absolute atomic E-state index is 2.50. The second-order valence-corrected chi connectivity index (χ2v) is 5.04. The lowest BCUT2D eigenvalue weighted by molar-refractivity contribution is 0.354. The van der Waals surface area contributed by atoms with E-state index in [1.807, 2.05) is 0 Å². The summed E-state index contributed by atoms with van der Waals surface area (Å²) in [5.41, 5.74) is 2.72. The van der Waals surface area contributed by atoms with Crippen molar-refractivity contribution in [2.75, 3.05) is 24.7 Å². The number of para-hydroxylation sites is 1. The highest BCUT2D eigenvalue weighted by Crippen LogP contribution is 2.32. The second-order valence-electron chi connectivity index (χ2n) is 5.04. The average Bonchev–Trinajstić information content (AvgIpc) is 2.93. The lowest BCUT2D eigenvalue weighted by Crippen LogP contribution is -2.26. The van der Waals surface area contributed by atoms with E-state index in [2.05, 4.69) is 77.4 Å². The van der Waals surface area contributed by atoms with Crippen LogP contribution < -0.4 is 4.90 Å². The zero-order valence-corrected chi connectivity index (χ0v) is 11.4. The molecule has 0 amide bonds. The van der Waals surface area contributed by atoms with Crippen molar-refractivity contribution in [2.45, 2.75) is 13.0 Å². The first kappa shape index (κ1) is 12.2. The van der Waals surface area contributed by atoms with Crippen molar-refractivity contribution in [3.63, 3.8) is 0 Å². The van der Waals surface area contributed by atoms with Crippen LogP contribution in [0.2, 0.25) is 0 Å². The van der Waals surface area contributed by atoms with Gasteiger partial charge in [-0.1, -0.05) is 55.5 Å². The fourth-order valence-corrected chi connectivity index (χ4v) is 2.79. The van der Waals surface area contributed by atoms with Crippen LogP contribution in [-0.2, 0) is 0 Å². The van der Waals surface area contributed by atoms with Gasteiger partial charge in [0.2, 0.25) is 0 Å². The molecule has 98 valence electrons. The molecule has 0 aromatic heterocycles. The Morgan fingerprint density at radius 1 is 0.947 bits per heavy atom. The Hall–Kier alpha value is -1.80. The van der Waals surface area contributed by atoms with E-state index in [-0.39, 0.29) is 0 Å². The highest BCUT2D eigenvalue weighted by atomic mass is 15.4. The Bertz CT molecular complexity index is 462. The normalized spacial score (nSPS) is 19.8. The van der Waals surface area contributed by atoms with Gasteiger partial charge in [0.1, 0.15) is 0 Å². The van der Waals surface area contributed by atoms with E-state index in [4.69, 9.17) is 0 Å².